The third kappa shape index (κ3) is 2.41. The van der Waals surface area contributed by atoms with Crippen molar-refractivity contribution in [1.82, 2.24) is 4.90 Å². The Labute approximate surface area is 122 Å². The fourth-order valence-corrected chi connectivity index (χ4v) is 4.48. The van der Waals surface area contributed by atoms with Crippen LogP contribution in [0.3, 0.4) is 0 Å². The fraction of sp³-hybridized carbons (Fsp3) is 1.00. The molecule has 0 radical (unpaired) electrons. The van der Waals surface area contributed by atoms with Crippen molar-refractivity contribution in [2.75, 3.05) is 19.7 Å². The molecule has 0 aromatic rings. The average molecular weight is 283 g/mol. The van der Waals surface area contributed by atoms with Gasteiger partial charge >= 0.3 is 0 Å². The zero-order valence-electron chi connectivity index (χ0n) is 13.3. The maximum absolute atomic E-state index is 10.6. The number of fused-ring (bicyclic) bond motifs is 1. The topological polar surface area (TPSA) is 41.9 Å². The Kier molecular flexibility index (Phi) is 3.65. The van der Waals surface area contributed by atoms with E-state index in [1.807, 2.05) is 13.8 Å². The molecule has 2 heterocycles. The van der Waals surface area contributed by atoms with Crippen LogP contribution in [0.15, 0.2) is 0 Å². The number of ether oxygens (including phenoxy) is 2. The van der Waals surface area contributed by atoms with Gasteiger partial charge in [0, 0.05) is 25.0 Å². The molecule has 4 unspecified atom stereocenters. The molecule has 3 aliphatic rings. The first kappa shape index (κ1) is 14.8. The summed E-state index contributed by atoms with van der Waals surface area (Å²) in [5, 5.41) is 10.6. The van der Waals surface area contributed by atoms with Crippen molar-refractivity contribution in [3.05, 3.63) is 0 Å². The Morgan fingerprint density at radius 3 is 2.55 bits per heavy atom. The van der Waals surface area contributed by atoms with E-state index in [9.17, 15) is 5.11 Å². The molecule has 1 saturated carbocycles. The second-order valence-corrected chi connectivity index (χ2v) is 7.76. The van der Waals surface area contributed by atoms with Crippen molar-refractivity contribution in [3.63, 3.8) is 0 Å². The first-order valence-electron chi connectivity index (χ1n) is 8.05. The minimum Gasteiger partial charge on any atom is -0.390 e. The predicted molar refractivity (Wildman–Crippen MR) is 77.7 cm³/mol. The smallest absolute Gasteiger partial charge is 0.0896 e. The van der Waals surface area contributed by atoms with Gasteiger partial charge in [-0.2, -0.15) is 0 Å². The fourth-order valence-electron chi connectivity index (χ4n) is 4.48. The normalized spacial score (nSPS) is 43.6. The Hall–Kier alpha value is -0.160. The predicted octanol–water partition coefficient (Wildman–Crippen LogP) is 1.80. The molecule has 0 spiro atoms. The summed E-state index contributed by atoms with van der Waals surface area (Å²) in [6, 6.07) is 0.551. The van der Waals surface area contributed by atoms with Crippen LogP contribution in [0.2, 0.25) is 0 Å². The molecule has 4 heteroatoms. The number of morpholine rings is 1. The van der Waals surface area contributed by atoms with Crippen LogP contribution >= 0.6 is 0 Å². The lowest BCUT2D eigenvalue weighted by Crippen LogP contribution is -2.53. The van der Waals surface area contributed by atoms with E-state index >= 15 is 0 Å². The molecule has 3 rings (SSSR count). The van der Waals surface area contributed by atoms with Gasteiger partial charge in [-0.3, -0.25) is 4.90 Å². The van der Waals surface area contributed by atoms with Crippen LogP contribution in [0.25, 0.3) is 0 Å². The number of hydrogen-bond donors (Lipinski definition) is 1. The molecular formula is C16H29NO3. The van der Waals surface area contributed by atoms with Crippen molar-refractivity contribution in [1.29, 1.82) is 0 Å². The number of aliphatic hydroxyl groups is 1. The molecule has 2 saturated heterocycles. The largest absolute Gasteiger partial charge is 0.390 e. The molecule has 4 atom stereocenters. The Morgan fingerprint density at radius 2 is 1.90 bits per heavy atom. The monoisotopic (exact) mass is 283 g/mol. The second-order valence-electron chi connectivity index (χ2n) is 7.76. The van der Waals surface area contributed by atoms with E-state index in [-0.39, 0.29) is 11.5 Å². The van der Waals surface area contributed by atoms with Crippen molar-refractivity contribution < 1.29 is 14.6 Å². The highest BCUT2D eigenvalue weighted by Gasteiger charge is 2.54. The molecule has 0 amide bonds. The highest BCUT2D eigenvalue weighted by Crippen LogP contribution is 2.43. The van der Waals surface area contributed by atoms with Gasteiger partial charge in [0.1, 0.15) is 0 Å². The van der Waals surface area contributed by atoms with Crippen LogP contribution in [0.4, 0.5) is 0 Å². The van der Waals surface area contributed by atoms with E-state index in [1.165, 1.54) is 19.3 Å². The summed E-state index contributed by atoms with van der Waals surface area (Å²) < 4.78 is 12.0. The quantitative estimate of drug-likeness (QED) is 0.839. The minimum atomic E-state index is -0.449. The summed E-state index contributed by atoms with van der Waals surface area (Å²) in [4.78, 5) is 2.54. The van der Waals surface area contributed by atoms with Gasteiger partial charge in [-0.1, -0.05) is 0 Å². The van der Waals surface area contributed by atoms with Gasteiger partial charge < -0.3 is 14.6 Å². The highest BCUT2D eigenvalue weighted by molar-refractivity contribution is 5.03. The van der Waals surface area contributed by atoms with Crippen molar-refractivity contribution in [2.45, 2.75) is 76.4 Å². The number of rotatable bonds is 2. The Balaban J connectivity index is 1.73. The summed E-state index contributed by atoms with van der Waals surface area (Å²) in [7, 11) is 0. The molecule has 0 aromatic carbocycles. The highest BCUT2D eigenvalue weighted by atomic mass is 16.5. The van der Waals surface area contributed by atoms with Crippen LogP contribution in [0, 0.1) is 5.92 Å². The van der Waals surface area contributed by atoms with Crippen LogP contribution < -0.4 is 0 Å². The van der Waals surface area contributed by atoms with E-state index < -0.39 is 11.7 Å². The summed E-state index contributed by atoms with van der Waals surface area (Å²) in [5.74, 6) is 0.164. The van der Waals surface area contributed by atoms with Crippen LogP contribution in [0.1, 0.15) is 47.0 Å². The van der Waals surface area contributed by atoms with Crippen molar-refractivity contribution >= 4 is 0 Å². The molecule has 0 aromatic heterocycles. The first-order chi connectivity index (χ1) is 9.31. The summed E-state index contributed by atoms with van der Waals surface area (Å²) >= 11 is 0. The van der Waals surface area contributed by atoms with Gasteiger partial charge in [0.05, 0.1) is 30.0 Å². The van der Waals surface area contributed by atoms with Gasteiger partial charge in [-0.15, -0.1) is 0 Å². The molecule has 2 aliphatic heterocycles. The van der Waals surface area contributed by atoms with Gasteiger partial charge in [-0.25, -0.2) is 0 Å². The SMILES string of the molecule is CC1(C)OC(C)(C)C(CN2CCOC3CCCC32)C1O. The van der Waals surface area contributed by atoms with Crippen LogP contribution in [-0.4, -0.2) is 59.2 Å². The van der Waals surface area contributed by atoms with Gasteiger partial charge in [-0.05, 0) is 47.0 Å². The Bertz CT molecular complexity index is 369. The van der Waals surface area contributed by atoms with Crippen LogP contribution in [0.5, 0.6) is 0 Å². The Morgan fingerprint density at radius 1 is 1.15 bits per heavy atom. The van der Waals surface area contributed by atoms with Crippen molar-refractivity contribution in [3.8, 4) is 0 Å². The third-order valence-corrected chi connectivity index (χ3v) is 5.54. The molecule has 0 bridgehead atoms. The number of hydrogen-bond acceptors (Lipinski definition) is 4. The van der Waals surface area contributed by atoms with Gasteiger partial charge in [0.25, 0.3) is 0 Å². The van der Waals surface area contributed by atoms with E-state index in [0.29, 0.717) is 12.1 Å². The molecule has 3 fully saturated rings. The van der Waals surface area contributed by atoms with Crippen molar-refractivity contribution in [2.24, 2.45) is 5.92 Å². The maximum Gasteiger partial charge on any atom is 0.0896 e. The molecular weight excluding hydrogens is 254 g/mol. The zero-order valence-corrected chi connectivity index (χ0v) is 13.3. The number of aliphatic hydroxyl groups excluding tert-OH is 1. The van der Waals surface area contributed by atoms with Gasteiger partial charge in [0.2, 0.25) is 0 Å². The second kappa shape index (κ2) is 4.94. The maximum atomic E-state index is 10.6. The lowest BCUT2D eigenvalue weighted by Gasteiger charge is -2.41. The van der Waals surface area contributed by atoms with E-state index in [1.54, 1.807) is 0 Å². The van der Waals surface area contributed by atoms with Gasteiger partial charge in [0.15, 0.2) is 0 Å². The third-order valence-electron chi connectivity index (χ3n) is 5.54. The van der Waals surface area contributed by atoms with E-state index in [4.69, 9.17) is 9.47 Å². The summed E-state index contributed by atoms with van der Waals surface area (Å²) in [6.45, 7) is 11.0. The molecule has 1 aliphatic carbocycles. The summed E-state index contributed by atoms with van der Waals surface area (Å²) in [6.07, 6.45) is 3.71. The lowest BCUT2D eigenvalue weighted by molar-refractivity contribution is -0.0949. The van der Waals surface area contributed by atoms with E-state index in [0.717, 1.165) is 19.7 Å². The molecule has 4 nitrogen and oxygen atoms in total. The minimum absolute atomic E-state index is 0.164. The molecule has 1 N–H and O–H groups in total. The number of nitrogens with zero attached hydrogens (tertiary/aromatic N) is 1. The standard InChI is InChI=1S/C16H29NO3/c1-15(2)11(14(18)16(3,4)20-15)10-17-8-9-19-13-7-5-6-12(13)17/h11-14,18H,5-10H2,1-4H3. The van der Waals surface area contributed by atoms with E-state index in [2.05, 4.69) is 18.7 Å². The zero-order chi connectivity index (χ0) is 14.5. The van der Waals surface area contributed by atoms with Crippen LogP contribution in [-0.2, 0) is 9.47 Å². The molecule has 116 valence electrons. The summed E-state index contributed by atoms with van der Waals surface area (Å²) in [5.41, 5.74) is -0.717. The lowest BCUT2D eigenvalue weighted by atomic mass is 9.83. The first-order valence-corrected chi connectivity index (χ1v) is 8.05. The molecule has 20 heavy (non-hydrogen) atoms. The average Bonchev–Trinajstić information content (AvgIpc) is 2.86.